The van der Waals surface area contributed by atoms with Crippen LogP contribution < -0.4 is 10.6 Å². The van der Waals surface area contributed by atoms with Gasteiger partial charge in [0.05, 0.1) is 4.92 Å². The maximum Gasteiger partial charge on any atom is 0.345 e. The lowest BCUT2D eigenvalue weighted by molar-refractivity contribution is -0.380. The summed E-state index contributed by atoms with van der Waals surface area (Å²) in [6.07, 6.45) is 1.29. The van der Waals surface area contributed by atoms with Crippen LogP contribution in [0.1, 0.15) is 5.56 Å². The molecule has 0 radical (unpaired) electrons. The molecular weight excluding hydrogens is 264 g/mol. The summed E-state index contributed by atoms with van der Waals surface area (Å²) < 4.78 is 0. The molecule has 6 nitrogen and oxygen atoms in total. The number of nitrogens with two attached hydrogens (primary N) is 1. The van der Waals surface area contributed by atoms with Gasteiger partial charge in [0.2, 0.25) is 0 Å². The molecule has 100 valence electrons. The normalized spacial score (nSPS) is 10.4. The van der Waals surface area contributed by atoms with Crippen LogP contribution in [0.3, 0.4) is 0 Å². The number of anilines is 1. The maximum absolute atomic E-state index is 10.7. The molecule has 7 heteroatoms. The largest absolute Gasteiger partial charge is 0.345 e. The van der Waals surface area contributed by atoms with Gasteiger partial charge >= 0.3 is 5.00 Å². The summed E-state index contributed by atoms with van der Waals surface area (Å²) in [6, 6.07) is 9.88. The minimum absolute atomic E-state index is 0.0464. The van der Waals surface area contributed by atoms with E-state index in [4.69, 9.17) is 5.73 Å². The van der Waals surface area contributed by atoms with E-state index in [0.29, 0.717) is 24.8 Å². The number of nitrogens with zero attached hydrogens (tertiary/aromatic N) is 3. The maximum atomic E-state index is 10.7. The first-order chi connectivity index (χ1) is 9.20. The van der Waals surface area contributed by atoms with E-state index in [2.05, 4.69) is 4.98 Å². The highest BCUT2D eigenvalue weighted by atomic mass is 32.1. The van der Waals surface area contributed by atoms with Gasteiger partial charge < -0.3 is 10.6 Å². The van der Waals surface area contributed by atoms with E-state index < -0.39 is 4.92 Å². The summed E-state index contributed by atoms with van der Waals surface area (Å²) >= 11 is 1.07. The number of aromatic nitrogens is 1. The van der Waals surface area contributed by atoms with Crippen molar-refractivity contribution < 1.29 is 4.92 Å². The third-order valence-electron chi connectivity index (χ3n) is 2.55. The van der Waals surface area contributed by atoms with Gasteiger partial charge in [0, 0.05) is 19.6 Å². The second kappa shape index (κ2) is 6.26. The predicted octanol–water partition coefficient (Wildman–Crippen LogP) is 2.02. The van der Waals surface area contributed by atoms with Gasteiger partial charge in [-0.15, -0.1) is 0 Å². The first-order valence-electron chi connectivity index (χ1n) is 5.80. The molecule has 0 atom stereocenters. The van der Waals surface area contributed by atoms with E-state index >= 15 is 0 Å². The Morgan fingerprint density at radius 2 is 2.11 bits per heavy atom. The van der Waals surface area contributed by atoms with E-state index in [-0.39, 0.29) is 5.00 Å². The molecule has 2 rings (SSSR count). The van der Waals surface area contributed by atoms with Crippen molar-refractivity contribution in [2.24, 2.45) is 5.73 Å². The van der Waals surface area contributed by atoms with Crippen molar-refractivity contribution in [2.75, 3.05) is 18.0 Å². The second-order valence-corrected chi connectivity index (χ2v) is 4.92. The van der Waals surface area contributed by atoms with Crippen LogP contribution >= 0.6 is 11.3 Å². The summed E-state index contributed by atoms with van der Waals surface area (Å²) in [4.78, 5) is 16.3. The lowest BCUT2D eigenvalue weighted by atomic mass is 10.2. The molecule has 0 fully saturated rings. The fourth-order valence-corrected chi connectivity index (χ4v) is 2.45. The van der Waals surface area contributed by atoms with E-state index in [9.17, 15) is 10.1 Å². The molecule has 0 spiro atoms. The molecule has 1 aromatic heterocycles. The van der Waals surface area contributed by atoms with Crippen LogP contribution in [0.5, 0.6) is 0 Å². The Morgan fingerprint density at radius 3 is 2.68 bits per heavy atom. The Kier molecular flexibility index (Phi) is 4.43. The fourth-order valence-electron chi connectivity index (χ4n) is 1.69. The molecule has 0 aliphatic carbocycles. The van der Waals surface area contributed by atoms with Gasteiger partial charge in [-0.1, -0.05) is 30.3 Å². The quantitative estimate of drug-likeness (QED) is 0.645. The molecule has 2 aromatic rings. The number of benzene rings is 1. The standard InChI is InChI=1S/C12H14N4O2S/c13-6-7-15(9-10-4-2-1-3-5-10)12-14-8-11(19-12)16(17)18/h1-5,8H,6-7,9,13H2. The van der Waals surface area contributed by atoms with Crippen LogP contribution in [0.4, 0.5) is 10.1 Å². The summed E-state index contributed by atoms with van der Waals surface area (Å²) in [7, 11) is 0. The van der Waals surface area contributed by atoms with E-state index in [1.54, 1.807) is 0 Å². The fraction of sp³-hybridized carbons (Fsp3) is 0.250. The van der Waals surface area contributed by atoms with Crippen LogP contribution in [-0.2, 0) is 6.54 Å². The van der Waals surface area contributed by atoms with Crippen molar-refractivity contribution in [1.82, 2.24) is 4.98 Å². The molecule has 0 saturated heterocycles. The van der Waals surface area contributed by atoms with Gasteiger partial charge in [-0.05, 0) is 16.9 Å². The Labute approximate surface area is 114 Å². The summed E-state index contributed by atoms with van der Waals surface area (Å²) in [5, 5.41) is 11.4. The molecule has 2 N–H and O–H groups in total. The monoisotopic (exact) mass is 278 g/mol. The van der Waals surface area contributed by atoms with Gasteiger partial charge in [-0.2, -0.15) is 0 Å². The van der Waals surface area contributed by atoms with E-state index in [1.807, 2.05) is 35.2 Å². The minimum Gasteiger partial charge on any atom is -0.342 e. The van der Waals surface area contributed by atoms with E-state index in [0.717, 1.165) is 16.9 Å². The molecule has 1 heterocycles. The van der Waals surface area contributed by atoms with Gasteiger partial charge in [0.25, 0.3) is 0 Å². The summed E-state index contributed by atoms with van der Waals surface area (Å²) in [5.41, 5.74) is 6.71. The van der Waals surface area contributed by atoms with Crippen molar-refractivity contribution in [2.45, 2.75) is 6.54 Å². The number of nitro groups is 1. The predicted molar refractivity (Wildman–Crippen MR) is 75.3 cm³/mol. The highest BCUT2D eigenvalue weighted by molar-refractivity contribution is 7.18. The van der Waals surface area contributed by atoms with Crippen LogP contribution in [0.15, 0.2) is 36.5 Å². The third kappa shape index (κ3) is 3.49. The Morgan fingerprint density at radius 1 is 1.37 bits per heavy atom. The van der Waals surface area contributed by atoms with E-state index in [1.165, 1.54) is 6.20 Å². The van der Waals surface area contributed by atoms with Crippen molar-refractivity contribution in [3.8, 4) is 0 Å². The van der Waals surface area contributed by atoms with Gasteiger partial charge in [0.1, 0.15) is 6.20 Å². The lowest BCUT2D eigenvalue weighted by Gasteiger charge is -2.20. The Bertz CT molecular complexity index is 544. The molecule has 1 aromatic carbocycles. The second-order valence-electron chi connectivity index (χ2n) is 3.93. The molecule has 0 aliphatic heterocycles. The zero-order valence-electron chi connectivity index (χ0n) is 10.2. The molecule has 19 heavy (non-hydrogen) atoms. The average molecular weight is 278 g/mol. The molecular formula is C12H14N4O2S. The van der Waals surface area contributed by atoms with Crippen molar-refractivity contribution in [3.63, 3.8) is 0 Å². The molecule has 0 unspecified atom stereocenters. The zero-order valence-corrected chi connectivity index (χ0v) is 11.0. The third-order valence-corrected chi connectivity index (χ3v) is 3.56. The Balaban J connectivity index is 2.17. The molecule has 0 bridgehead atoms. The van der Waals surface area contributed by atoms with Crippen molar-refractivity contribution >= 4 is 21.5 Å². The average Bonchev–Trinajstić information content (AvgIpc) is 2.89. The van der Waals surface area contributed by atoms with Crippen molar-refractivity contribution in [1.29, 1.82) is 0 Å². The van der Waals surface area contributed by atoms with Crippen LogP contribution in [0.2, 0.25) is 0 Å². The number of rotatable bonds is 6. The number of thiazole rings is 1. The highest BCUT2D eigenvalue weighted by Crippen LogP contribution is 2.28. The lowest BCUT2D eigenvalue weighted by Crippen LogP contribution is -2.28. The van der Waals surface area contributed by atoms with Gasteiger partial charge in [0.15, 0.2) is 5.13 Å². The van der Waals surface area contributed by atoms with Crippen molar-refractivity contribution in [3.05, 3.63) is 52.2 Å². The van der Waals surface area contributed by atoms with Gasteiger partial charge in [-0.25, -0.2) is 4.98 Å². The SMILES string of the molecule is NCCN(Cc1ccccc1)c1ncc([N+](=O)[O-])s1. The number of hydrogen-bond donors (Lipinski definition) is 1. The molecule has 0 aliphatic rings. The van der Waals surface area contributed by atoms with Crippen LogP contribution in [0.25, 0.3) is 0 Å². The minimum atomic E-state index is -0.426. The molecule has 0 amide bonds. The molecule has 0 saturated carbocycles. The zero-order chi connectivity index (χ0) is 13.7. The smallest absolute Gasteiger partial charge is 0.342 e. The van der Waals surface area contributed by atoms with Crippen LogP contribution in [-0.4, -0.2) is 23.0 Å². The first kappa shape index (κ1) is 13.4. The highest BCUT2D eigenvalue weighted by Gasteiger charge is 2.16. The summed E-state index contributed by atoms with van der Waals surface area (Å²) in [6.45, 7) is 1.72. The van der Waals surface area contributed by atoms with Gasteiger partial charge in [-0.3, -0.25) is 10.1 Å². The number of hydrogen-bond acceptors (Lipinski definition) is 6. The topological polar surface area (TPSA) is 85.3 Å². The first-order valence-corrected chi connectivity index (χ1v) is 6.61. The summed E-state index contributed by atoms with van der Waals surface area (Å²) in [5.74, 6) is 0. The van der Waals surface area contributed by atoms with Crippen LogP contribution in [0, 0.1) is 10.1 Å². The Hall–Kier alpha value is -1.99.